The topological polar surface area (TPSA) is 62.4 Å². The molecule has 5 nitrogen and oxygen atoms in total. The van der Waals surface area contributed by atoms with Gasteiger partial charge in [0.25, 0.3) is 5.91 Å². The molecule has 0 saturated heterocycles. The molecule has 152 valence electrons. The largest absolute Gasteiger partial charge is 0.494 e. The highest BCUT2D eigenvalue weighted by Gasteiger charge is 2.39. The van der Waals surface area contributed by atoms with Crippen LogP contribution in [0.3, 0.4) is 0 Å². The Morgan fingerprint density at radius 2 is 1.69 bits per heavy atom. The average Bonchev–Trinajstić information content (AvgIpc) is 3.33. The lowest BCUT2D eigenvalue weighted by Crippen LogP contribution is -2.40. The highest BCUT2D eigenvalue weighted by atomic mass is 32.1. The van der Waals surface area contributed by atoms with Gasteiger partial charge in [-0.2, -0.15) is 0 Å². The molecule has 0 radical (unpaired) electrons. The lowest BCUT2D eigenvalue weighted by atomic mass is 9.96. The fourth-order valence-corrected chi connectivity index (χ4v) is 4.74. The number of anilines is 2. The van der Waals surface area contributed by atoms with Crippen LogP contribution in [0.1, 0.15) is 43.0 Å². The Morgan fingerprint density at radius 1 is 1.00 bits per heavy atom. The fourth-order valence-electron chi connectivity index (χ4n) is 4.47. The molecular weight excluding hydrogens is 382 g/mol. The molecule has 2 fully saturated rings. The predicted octanol–water partition coefficient (Wildman–Crippen LogP) is 4.81. The molecule has 0 heterocycles. The van der Waals surface area contributed by atoms with Gasteiger partial charge in [0.15, 0.2) is 5.11 Å². The summed E-state index contributed by atoms with van der Waals surface area (Å²) in [7, 11) is 0. The first-order valence-corrected chi connectivity index (χ1v) is 10.7. The number of carbonyl (C=O) groups is 1. The maximum Gasteiger partial charge on any atom is 0.255 e. The third kappa shape index (κ3) is 4.88. The minimum atomic E-state index is -0.150. The van der Waals surface area contributed by atoms with Crippen molar-refractivity contribution in [3.8, 4) is 5.75 Å². The first kappa shape index (κ1) is 19.7. The molecule has 29 heavy (non-hydrogen) atoms. The van der Waals surface area contributed by atoms with E-state index in [1.165, 1.54) is 25.7 Å². The second-order valence-electron chi connectivity index (χ2n) is 7.87. The van der Waals surface area contributed by atoms with Gasteiger partial charge in [0, 0.05) is 23.0 Å². The number of carbonyl (C=O) groups excluding carboxylic acids is 1. The third-order valence-corrected chi connectivity index (χ3v) is 6.10. The van der Waals surface area contributed by atoms with Gasteiger partial charge in [0.2, 0.25) is 0 Å². The van der Waals surface area contributed by atoms with Crippen LogP contribution in [0.15, 0.2) is 48.5 Å². The Kier molecular flexibility index (Phi) is 6.00. The minimum absolute atomic E-state index is 0.150. The van der Waals surface area contributed by atoms with E-state index in [-0.39, 0.29) is 5.91 Å². The number of rotatable bonds is 6. The van der Waals surface area contributed by atoms with E-state index in [1.54, 1.807) is 12.1 Å². The highest BCUT2D eigenvalue weighted by Crippen LogP contribution is 2.44. The zero-order chi connectivity index (χ0) is 20.2. The number of thiocarbonyl (C=S) groups is 1. The predicted molar refractivity (Wildman–Crippen MR) is 121 cm³/mol. The molecule has 2 aliphatic carbocycles. The van der Waals surface area contributed by atoms with E-state index in [0.717, 1.165) is 29.0 Å². The van der Waals surface area contributed by atoms with Crippen LogP contribution in [0.25, 0.3) is 0 Å². The number of nitrogens with one attached hydrogen (secondary N) is 3. The third-order valence-electron chi connectivity index (χ3n) is 5.88. The quantitative estimate of drug-likeness (QED) is 0.598. The first-order valence-electron chi connectivity index (χ1n) is 10.3. The van der Waals surface area contributed by atoms with E-state index in [2.05, 4.69) is 16.0 Å². The van der Waals surface area contributed by atoms with E-state index >= 15 is 0 Å². The maximum atomic E-state index is 12.5. The van der Waals surface area contributed by atoms with Gasteiger partial charge >= 0.3 is 0 Å². The van der Waals surface area contributed by atoms with Crippen molar-refractivity contribution in [3.63, 3.8) is 0 Å². The Hall–Kier alpha value is -2.60. The molecule has 2 aromatic rings. The maximum absolute atomic E-state index is 12.5. The Bertz CT molecular complexity index is 867. The molecule has 0 aromatic heterocycles. The van der Waals surface area contributed by atoms with Gasteiger partial charge in [-0.25, -0.2) is 0 Å². The summed E-state index contributed by atoms with van der Waals surface area (Å²) in [6.45, 7) is 2.56. The van der Waals surface area contributed by atoms with E-state index in [9.17, 15) is 4.79 Å². The molecule has 2 aromatic carbocycles. The van der Waals surface area contributed by atoms with Crippen molar-refractivity contribution >= 4 is 34.6 Å². The molecule has 2 saturated carbocycles. The minimum Gasteiger partial charge on any atom is -0.494 e. The zero-order valence-corrected chi connectivity index (χ0v) is 17.4. The van der Waals surface area contributed by atoms with Crippen LogP contribution >= 0.6 is 12.2 Å². The van der Waals surface area contributed by atoms with Crippen LogP contribution in [0, 0.1) is 11.8 Å². The molecule has 0 aliphatic heterocycles. The Morgan fingerprint density at radius 3 is 2.31 bits per heavy atom. The number of hydrogen-bond acceptors (Lipinski definition) is 3. The van der Waals surface area contributed by atoms with Crippen molar-refractivity contribution in [2.24, 2.45) is 11.8 Å². The molecule has 1 amide bonds. The smallest absolute Gasteiger partial charge is 0.255 e. The summed E-state index contributed by atoms with van der Waals surface area (Å²) in [5, 5.41) is 10.3. The first-order chi connectivity index (χ1) is 14.1. The van der Waals surface area contributed by atoms with Gasteiger partial charge in [0.1, 0.15) is 5.75 Å². The lowest BCUT2D eigenvalue weighted by molar-refractivity contribution is 0.102. The van der Waals surface area contributed by atoms with Gasteiger partial charge in [-0.1, -0.05) is 6.42 Å². The second kappa shape index (κ2) is 8.82. The van der Waals surface area contributed by atoms with E-state index in [0.29, 0.717) is 23.3 Å². The van der Waals surface area contributed by atoms with E-state index in [1.807, 2.05) is 43.3 Å². The van der Waals surface area contributed by atoms with Gasteiger partial charge < -0.3 is 20.7 Å². The van der Waals surface area contributed by atoms with Crippen molar-refractivity contribution < 1.29 is 9.53 Å². The summed E-state index contributed by atoms with van der Waals surface area (Å²) in [5.41, 5.74) is 2.21. The summed E-state index contributed by atoms with van der Waals surface area (Å²) < 4.78 is 5.42. The summed E-state index contributed by atoms with van der Waals surface area (Å²) in [6.07, 6.45) is 5.28. The zero-order valence-electron chi connectivity index (χ0n) is 16.6. The van der Waals surface area contributed by atoms with Gasteiger partial charge in [-0.3, -0.25) is 4.79 Å². The summed E-state index contributed by atoms with van der Waals surface area (Å²) in [4.78, 5) is 12.5. The molecule has 0 unspecified atom stereocenters. The van der Waals surface area contributed by atoms with Crippen LogP contribution in [0.5, 0.6) is 5.75 Å². The van der Waals surface area contributed by atoms with Crippen LogP contribution in [-0.4, -0.2) is 23.7 Å². The van der Waals surface area contributed by atoms with Crippen LogP contribution < -0.4 is 20.7 Å². The molecule has 2 bridgehead atoms. The van der Waals surface area contributed by atoms with E-state index in [4.69, 9.17) is 17.0 Å². The van der Waals surface area contributed by atoms with Crippen LogP contribution in [-0.2, 0) is 0 Å². The van der Waals surface area contributed by atoms with Crippen molar-refractivity contribution in [3.05, 3.63) is 54.1 Å². The summed E-state index contributed by atoms with van der Waals surface area (Å²) >= 11 is 5.48. The van der Waals surface area contributed by atoms with Crippen LogP contribution in [0.4, 0.5) is 11.4 Å². The monoisotopic (exact) mass is 409 g/mol. The number of fused-ring (bicyclic) bond motifs is 2. The van der Waals surface area contributed by atoms with Gasteiger partial charge in [-0.15, -0.1) is 0 Å². The number of ether oxygens (including phenoxy) is 1. The standard InChI is InChI=1S/C23H27N3O2S/c1-2-28-20-11-9-18(10-12-20)24-22(27)16-5-7-19(8-6-16)25-23(29)26-21-14-15-3-4-17(21)13-15/h5-12,15,17,21H,2-4,13-14H2,1H3,(H,24,27)(H2,25,26,29)/t15-,17+,21+/m0/s1. The Balaban J connectivity index is 1.29. The molecule has 3 atom stereocenters. The number of benzene rings is 2. The summed E-state index contributed by atoms with van der Waals surface area (Å²) in [6, 6.07) is 15.2. The Labute approximate surface area is 177 Å². The number of amides is 1. The summed E-state index contributed by atoms with van der Waals surface area (Å²) in [5.74, 6) is 2.29. The van der Waals surface area contributed by atoms with Crippen molar-refractivity contribution in [1.29, 1.82) is 0 Å². The molecule has 3 N–H and O–H groups in total. The van der Waals surface area contributed by atoms with E-state index < -0.39 is 0 Å². The molecule has 0 spiro atoms. The highest BCUT2D eigenvalue weighted by molar-refractivity contribution is 7.80. The van der Waals surface area contributed by atoms with Crippen LogP contribution in [0.2, 0.25) is 0 Å². The van der Waals surface area contributed by atoms with Gasteiger partial charge in [0.05, 0.1) is 6.61 Å². The van der Waals surface area contributed by atoms with Crippen molar-refractivity contribution in [2.45, 2.75) is 38.6 Å². The molecule has 2 aliphatic rings. The normalized spacial score (nSPS) is 22.2. The van der Waals surface area contributed by atoms with Crippen molar-refractivity contribution in [2.75, 3.05) is 17.2 Å². The SMILES string of the molecule is CCOc1ccc(NC(=O)c2ccc(NC(=S)N[C@@H]3C[C@H]4CC[C@@H]3C4)cc2)cc1. The van der Waals surface area contributed by atoms with Gasteiger partial charge in [-0.05, 0) is 98.8 Å². The fraction of sp³-hybridized carbons (Fsp3) is 0.391. The average molecular weight is 410 g/mol. The number of hydrogen-bond donors (Lipinski definition) is 3. The van der Waals surface area contributed by atoms with Crippen molar-refractivity contribution in [1.82, 2.24) is 5.32 Å². The lowest BCUT2D eigenvalue weighted by Gasteiger charge is -2.24. The molecular formula is C23H27N3O2S. The molecule has 6 heteroatoms. The second-order valence-corrected chi connectivity index (χ2v) is 8.28. The molecule has 4 rings (SSSR count).